The van der Waals surface area contributed by atoms with Crippen LogP contribution in [0.2, 0.25) is 0 Å². The molecule has 0 N–H and O–H groups in total. The number of benzene rings is 6. The molecule has 0 bridgehead atoms. The van der Waals surface area contributed by atoms with Crippen molar-refractivity contribution in [3.8, 4) is 0 Å². The van der Waals surface area contributed by atoms with Crippen LogP contribution in [0.15, 0.2) is 79.3 Å². The number of fused-ring (bicyclic) bond motifs is 1. The number of rotatable bonds is 9. The smallest absolute Gasteiger partial charge is 0.364 e. The molecular formula is C46H17BF20N2O3. The second-order valence-corrected chi connectivity index (χ2v) is 15.0. The van der Waals surface area contributed by atoms with Gasteiger partial charge in [-0.3, -0.25) is 4.79 Å². The Hall–Kier alpha value is -8.06. The molecule has 1 aromatic heterocycles. The van der Waals surface area contributed by atoms with Gasteiger partial charge in [0.1, 0.15) is 58.8 Å². The molecule has 0 radical (unpaired) electrons. The monoisotopic (exact) mass is 1040 g/mol. The third-order valence-corrected chi connectivity index (χ3v) is 11.1. The Balaban J connectivity index is 0.000000238. The number of esters is 1. The number of Topliss-reactive ketones (excluding diaryl/α,β-unsaturated/α-hetero) is 1. The number of ether oxygens (including phenoxy) is 1. The van der Waals surface area contributed by atoms with Crippen molar-refractivity contribution in [1.82, 2.24) is 4.98 Å². The van der Waals surface area contributed by atoms with Gasteiger partial charge in [-0.2, -0.15) is 4.57 Å². The standard InChI is InChI=1S/C24BF20.C22H17N2O3/c26-5-1(6(27)14(35)21(42)13(5)34)25(2-7(28)15(36)22(43)16(37)8(2)29,3-9(30)17(38)23(44)18(39)10(3)31)4-11(32)19(40)24(45)20(41)12(4)33;25-20(17-7-2-1-3-8-17)15-24-13-12-23-19(14-24)22(26)27-21-11-10-16-6-4-5-9-18(16)21/h;1-14,21H,15H2/q-1;+1. The summed E-state index contributed by atoms with van der Waals surface area (Å²) in [5, 5.41) is 0. The van der Waals surface area contributed by atoms with Crippen LogP contribution in [-0.4, -0.2) is 22.9 Å². The van der Waals surface area contributed by atoms with Crippen molar-refractivity contribution < 1.29 is 107 Å². The van der Waals surface area contributed by atoms with E-state index in [-0.39, 0.29) is 18.0 Å². The predicted octanol–water partition coefficient (Wildman–Crippen LogP) is 9.02. The number of halogens is 20. The van der Waals surface area contributed by atoms with E-state index in [1.807, 2.05) is 54.6 Å². The molecule has 1 aliphatic carbocycles. The van der Waals surface area contributed by atoms with Gasteiger partial charge in [0.05, 0.1) is 6.20 Å². The molecule has 72 heavy (non-hydrogen) atoms. The average Bonchev–Trinajstić information content (AvgIpc) is 3.78. The molecule has 0 spiro atoms. The maximum absolute atomic E-state index is 15.4. The van der Waals surface area contributed by atoms with Gasteiger partial charge in [0, 0.05) is 11.1 Å². The van der Waals surface area contributed by atoms with E-state index in [4.69, 9.17) is 4.74 Å². The molecule has 1 atom stereocenters. The van der Waals surface area contributed by atoms with E-state index in [1.54, 1.807) is 22.9 Å². The van der Waals surface area contributed by atoms with Crippen LogP contribution in [0.5, 0.6) is 0 Å². The minimum Gasteiger partial charge on any atom is -0.448 e. The summed E-state index contributed by atoms with van der Waals surface area (Å²) >= 11 is 0. The highest BCUT2D eigenvalue weighted by atomic mass is 19.2. The van der Waals surface area contributed by atoms with Crippen molar-refractivity contribution in [3.63, 3.8) is 0 Å². The van der Waals surface area contributed by atoms with Gasteiger partial charge >= 0.3 is 5.97 Å². The van der Waals surface area contributed by atoms with E-state index >= 15 is 35.1 Å². The Bertz CT molecular complexity index is 3050. The lowest BCUT2D eigenvalue weighted by Gasteiger charge is -2.44. The molecule has 1 aliphatic rings. The second kappa shape index (κ2) is 19.6. The molecule has 1 heterocycles. The SMILES string of the molecule is Fc1c(F)c(F)c([B-](c2c(F)c(F)c(F)c(F)c2F)(c2c(F)c(F)c(F)c(F)c2F)c2c(F)c(F)c(F)c(F)c2F)c(F)c1F.O=C(C[n+]1ccnc(C(=O)OC2C=Cc3ccccc32)c1)c1ccccc1. The first kappa shape index (κ1) is 51.8. The Morgan fingerprint density at radius 2 is 0.819 bits per heavy atom. The molecule has 26 heteroatoms. The van der Waals surface area contributed by atoms with Gasteiger partial charge in [-0.1, -0.05) is 60.7 Å². The summed E-state index contributed by atoms with van der Waals surface area (Å²) in [4.78, 5) is 28.9. The topological polar surface area (TPSA) is 60.1 Å². The Morgan fingerprint density at radius 1 is 0.472 bits per heavy atom. The molecular weight excluding hydrogens is 1020 g/mol. The number of ketones is 1. The molecule has 372 valence electrons. The van der Waals surface area contributed by atoms with Crippen molar-refractivity contribution in [2.24, 2.45) is 0 Å². The van der Waals surface area contributed by atoms with Gasteiger partial charge in [0.2, 0.25) is 24.2 Å². The molecule has 8 rings (SSSR count). The van der Waals surface area contributed by atoms with Crippen molar-refractivity contribution in [2.75, 3.05) is 0 Å². The summed E-state index contributed by atoms with van der Waals surface area (Å²) < 4.78 is 301. The van der Waals surface area contributed by atoms with Crippen LogP contribution < -0.4 is 26.4 Å². The highest BCUT2D eigenvalue weighted by Gasteiger charge is 2.52. The Morgan fingerprint density at radius 3 is 1.21 bits per heavy atom. The van der Waals surface area contributed by atoms with Crippen LogP contribution in [0.1, 0.15) is 38.1 Å². The number of hydrogen-bond acceptors (Lipinski definition) is 4. The van der Waals surface area contributed by atoms with Gasteiger partial charge in [-0.05, 0) is 11.6 Å². The lowest BCUT2D eigenvalue weighted by atomic mass is 9.12. The molecule has 0 saturated heterocycles. The van der Waals surface area contributed by atoms with Crippen molar-refractivity contribution in [2.45, 2.75) is 12.6 Å². The van der Waals surface area contributed by atoms with Crippen LogP contribution >= 0.6 is 0 Å². The summed E-state index contributed by atoms with van der Waals surface area (Å²) in [7, 11) is 0. The minimum absolute atomic E-state index is 0.0428. The van der Waals surface area contributed by atoms with Gasteiger partial charge in [0.15, 0.2) is 76.0 Å². The van der Waals surface area contributed by atoms with Gasteiger partial charge in [-0.25, -0.2) is 97.6 Å². The fraction of sp³-hybridized carbons (Fsp3) is 0.0435. The van der Waals surface area contributed by atoms with E-state index in [2.05, 4.69) is 4.98 Å². The van der Waals surface area contributed by atoms with E-state index in [9.17, 15) is 62.3 Å². The first-order chi connectivity index (χ1) is 33.9. The van der Waals surface area contributed by atoms with Crippen LogP contribution in [0, 0.1) is 116 Å². The lowest BCUT2D eigenvalue weighted by Crippen LogP contribution is -2.81. The zero-order chi connectivity index (χ0) is 53.0. The van der Waals surface area contributed by atoms with Crippen LogP contribution in [0.25, 0.3) is 6.08 Å². The summed E-state index contributed by atoms with van der Waals surface area (Å²) in [5.74, 6) is -72.0. The quantitative estimate of drug-likeness (QED) is 0.0276. The Kier molecular flexibility index (Phi) is 14.1. The van der Waals surface area contributed by atoms with E-state index in [1.165, 1.54) is 12.4 Å². The molecule has 0 amide bonds. The highest BCUT2D eigenvalue weighted by molar-refractivity contribution is 7.20. The molecule has 6 aromatic carbocycles. The fourth-order valence-corrected chi connectivity index (χ4v) is 7.89. The lowest BCUT2D eigenvalue weighted by molar-refractivity contribution is -0.683. The number of hydrogen-bond donors (Lipinski definition) is 0. The highest BCUT2D eigenvalue weighted by Crippen LogP contribution is 2.33. The largest absolute Gasteiger partial charge is 0.448 e. The van der Waals surface area contributed by atoms with Crippen molar-refractivity contribution in [3.05, 3.63) is 218 Å². The fourth-order valence-electron chi connectivity index (χ4n) is 7.89. The first-order valence-electron chi connectivity index (χ1n) is 19.6. The average molecular weight is 1040 g/mol. The minimum atomic E-state index is -7.22. The number of carbonyl (C=O) groups excluding carboxylic acids is 2. The van der Waals surface area contributed by atoms with Crippen molar-refractivity contribution >= 4 is 45.8 Å². The predicted molar refractivity (Wildman–Crippen MR) is 208 cm³/mol. The molecule has 1 unspecified atom stereocenters. The van der Waals surface area contributed by atoms with E-state index in [0.717, 1.165) is 11.1 Å². The number of aromatic nitrogens is 2. The molecule has 0 saturated carbocycles. The molecule has 7 aromatic rings. The second-order valence-electron chi connectivity index (χ2n) is 15.0. The summed E-state index contributed by atoms with van der Waals surface area (Å²) in [6, 6.07) is 16.8. The van der Waals surface area contributed by atoms with E-state index in [0.29, 0.717) is 5.56 Å². The Labute approximate surface area is 387 Å². The molecule has 0 aliphatic heterocycles. The third-order valence-electron chi connectivity index (χ3n) is 11.1. The van der Waals surface area contributed by atoms with Crippen LogP contribution in [0.4, 0.5) is 87.8 Å². The first-order valence-corrected chi connectivity index (χ1v) is 19.6. The van der Waals surface area contributed by atoms with E-state index < -0.39 is 156 Å². The van der Waals surface area contributed by atoms with Crippen molar-refractivity contribution in [1.29, 1.82) is 0 Å². The van der Waals surface area contributed by atoms with Gasteiger partial charge < -0.3 is 4.74 Å². The van der Waals surface area contributed by atoms with Crippen LogP contribution in [0.3, 0.4) is 0 Å². The summed E-state index contributed by atoms with van der Waals surface area (Å²) in [5.41, 5.74) is -11.5. The van der Waals surface area contributed by atoms with Gasteiger partial charge in [0.25, 0.3) is 0 Å². The van der Waals surface area contributed by atoms with Gasteiger partial charge in [-0.15, -0.1) is 21.9 Å². The summed E-state index contributed by atoms with van der Waals surface area (Å²) in [6.45, 7) is 0.124. The molecule has 0 fully saturated rings. The zero-order valence-corrected chi connectivity index (χ0v) is 34.6. The summed E-state index contributed by atoms with van der Waals surface area (Å²) in [6.07, 6.45) is 0.826. The zero-order valence-electron chi connectivity index (χ0n) is 34.6. The normalized spacial score (nSPS) is 13.0. The molecule has 5 nitrogen and oxygen atoms in total. The maximum Gasteiger partial charge on any atom is 0.364 e. The number of carbonyl (C=O) groups is 2. The van der Waals surface area contributed by atoms with Crippen LogP contribution in [-0.2, 0) is 11.3 Å². The number of nitrogens with zero attached hydrogens (tertiary/aromatic N) is 2. The third kappa shape index (κ3) is 8.36. The maximum atomic E-state index is 15.4.